The van der Waals surface area contributed by atoms with Gasteiger partial charge in [-0.25, -0.2) is 8.42 Å². The highest BCUT2D eigenvalue weighted by atomic mass is 32.2. The zero-order valence-corrected chi connectivity index (χ0v) is 18.4. The highest BCUT2D eigenvalue weighted by Gasteiger charge is 2.34. The fourth-order valence-corrected chi connectivity index (χ4v) is 5.83. The third-order valence-corrected chi connectivity index (χ3v) is 8.14. The van der Waals surface area contributed by atoms with E-state index in [2.05, 4.69) is 17.4 Å². The van der Waals surface area contributed by atoms with Crippen molar-refractivity contribution in [3.8, 4) is 0 Å². The van der Waals surface area contributed by atoms with Crippen molar-refractivity contribution < 1.29 is 18.0 Å². The second-order valence-electron chi connectivity index (χ2n) is 8.06. The van der Waals surface area contributed by atoms with Crippen LogP contribution in [0.25, 0.3) is 0 Å². The van der Waals surface area contributed by atoms with Gasteiger partial charge in [0.15, 0.2) is 0 Å². The summed E-state index contributed by atoms with van der Waals surface area (Å²) in [6.45, 7) is 1.98. The fraction of sp³-hybridized carbons (Fsp3) is 0.391. The van der Waals surface area contributed by atoms with Gasteiger partial charge in [-0.1, -0.05) is 24.3 Å². The number of rotatable bonds is 4. The highest BCUT2D eigenvalue weighted by Crippen LogP contribution is 2.27. The van der Waals surface area contributed by atoms with Crippen molar-refractivity contribution in [2.75, 3.05) is 26.7 Å². The number of nitrogens with zero attached hydrogens (tertiary/aromatic N) is 2. The maximum Gasteiger partial charge on any atom is 0.251 e. The fourth-order valence-electron chi connectivity index (χ4n) is 4.36. The molecule has 0 bridgehead atoms. The Hall–Kier alpha value is -2.71. The van der Waals surface area contributed by atoms with Crippen molar-refractivity contribution in [1.29, 1.82) is 0 Å². The van der Waals surface area contributed by atoms with Crippen molar-refractivity contribution in [2.45, 2.75) is 30.7 Å². The molecular weight excluding hydrogens is 414 g/mol. The second kappa shape index (κ2) is 8.80. The molecule has 2 aliphatic rings. The van der Waals surface area contributed by atoms with Gasteiger partial charge in [-0.15, -0.1) is 0 Å². The van der Waals surface area contributed by atoms with E-state index in [-0.39, 0.29) is 22.6 Å². The van der Waals surface area contributed by atoms with E-state index in [4.69, 9.17) is 0 Å². The first-order valence-electron chi connectivity index (χ1n) is 10.6. The van der Waals surface area contributed by atoms with Crippen LogP contribution in [-0.4, -0.2) is 56.1 Å². The second-order valence-corrected chi connectivity index (χ2v) is 10.00. The largest absolute Gasteiger partial charge is 0.355 e. The molecule has 0 saturated carbocycles. The molecule has 2 aromatic rings. The maximum absolute atomic E-state index is 13.0. The van der Waals surface area contributed by atoms with Gasteiger partial charge in [-0.05, 0) is 54.7 Å². The third kappa shape index (κ3) is 4.36. The number of sulfonamides is 1. The number of amides is 2. The number of carbonyl (C=O) groups is 2. The Kier molecular flexibility index (Phi) is 6.11. The number of nitrogens with one attached hydrogen (secondary N) is 1. The first-order valence-corrected chi connectivity index (χ1v) is 12.0. The summed E-state index contributed by atoms with van der Waals surface area (Å²) in [6.07, 6.45) is 1.90. The Morgan fingerprint density at radius 2 is 1.58 bits per heavy atom. The first kappa shape index (κ1) is 21.5. The molecule has 1 N–H and O–H groups in total. The van der Waals surface area contributed by atoms with Gasteiger partial charge in [0.05, 0.1) is 4.90 Å². The molecule has 8 heteroatoms. The van der Waals surface area contributed by atoms with Crippen molar-refractivity contribution in [1.82, 2.24) is 14.5 Å². The van der Waals surface area contributed by atoms with Crippen molar-refractivity contribution in [3.05, 3.63) is 65.2 Å². The normalized spacial score (nSPS) is 17.8. The van der Waals surface area contributed by atoms with Gasteiger partial charge in [0.25, 0.3) is 5.91 Å². The molecule has 164 valence electrons. The Bertz CT molecular complexity index is 1070. The molecular formula is C23H27N3O4S. The van der Waals surface area contributed by atoms with Crippen LogP contribution in [0.1, 0.15) is 34.3 Å². The molecule has 0 unspecified atom stereocenters. The topological polar surface area (TPSA) is 86.8 Å². The lowest BCUT2D eigenvalue weighted by atomic mass is 9.94. The van der Waals surface area contributed by atoms with Crippen molar-refractivity contribution in [2.24, 2.45) is 5.92 Å². The molecule has 4 rings (SSSR count). The first-order chi connectivity index (χ1) is 14.9. The van der Waals surface area contributed by atoms with Crippen LogP contribution in [0, 0.1) is 5.92 Å². The predicted octanol–water partition coefficient (Wildman–Crippen LogP) is 2.03. The van der Waals surface area contributed by atoms with Crippen LogP contribution in [0.2, 0.25) is 0 Å². The SMILES string of the molecule is CNC(=O)c1ccc(S(=O)(=O)N2CCC(C(=O)N3CCc4ccccc4C3)CC2)cc1. The van der Waals surface area contributed by atoms with Crippen molar-refractivity contribution in [3.63, 3.8) is 0 Å². The number of piperidine rings is 1. The van der Waals surface area contributed by atoms with Crippen LogP contribution < -0.4 is 5.32 Å². The molecule has 2 amide bonds. The smallest absolute Gasteiger partial charge is 0.251 e. The predicted molar refractivity (Wildman–Crippen MR) is 117 cm³/mol. The molecule has 2 aromatic carbocycles. The number of carbonyl (C=O) groups excluding carboxylic acids is 2. The van der Waals surface area contributed by atoms with Crippen LogP contribution in [0.3, 0.4) is 0 Å². The molecule has 2 aliphatic heterocycles. The summed E-state index contributed by atoms with van der Waals surface area (Å²) < 4.78 is 27.4. The average molecular weight is 442 g/mol. The van der Waals surface area contributed by atoms with Crippen LogP contribution in [0.15, 0.2) is 53.4 Å². The lowest BCUT2D eigenvalue weighted by Crippen LogP contribution is -2.45. The van der Waals surface area contributed by atoms with Crippen molar-refractivity contribution >= 4 is 21.8 Å². The quantitative estimate of drug-likeness (QED) is 0.787. The van der Waals surface area contributed by atoms with Crippen LogP contribution in [-0.2, 0) is 27.8 Å². The summed E-state index contributed by atoms with van der Waals surface area (Å²) in [4.78, 5) is 26.8. The number of fused-ring (bicyclic) bond motifs is 1. The zero-order chi connectivity index (χ0) is 22.0. The average Bonchev–Trinajstić information content (AvgIpc) is 2.83. The molecule has 0 atom stereocenters. The molecule has 1 fully saturated rings. The molecule has 0 spiro atoms. The van der Waals surface area contributed by atoms with E-state index in [9.17, 15) is 18.0 Å². The number of benzene rings is 2. The number of hydrogen-bond donors (Lipinski definition) is 1. The summed E-state index contributed by atoms with van der Waals surface area (Å²) >= 11 is 0. The van der Waals surface area contributed by atoms with E-state index in [1.165, 1.54) is 46.7 Å². The molecule has 7 nitrogen and oxygen atoms in total. The lowest BCUT2D eigenvalue weighted by Gasteiger charge is -2.35. The standard InChI is InChI=1S/C23H27N3O4S/c1-24-22(27)18-6-8-21(9-7-18)31(29,30)26-14-11-19(12-15-26)23(28)25-13-10-17-4-2-3-5-20(17)16-25/h2-9,19H,10-16H2,1H3,(H,24,27). The van der Waals surface area contributed by atoms with Gasteiger partial charge in [0, 0.05) is 44.7 Å². The van der Waals surface area contributed by atoms with Gasteiger partial charge < -0.3 is 10.2 Å². The molecule has 31 heavy (non-hydrogen) atoms. The molecule has 1 saturated heterocycles. The number of hydrogen-bond acceptors (Lipinski definition) is 4. The third-order valence-electron chi connectivity index (χ3n) is 6.23. The summed E-state index contributed by atoms with van der Waals surface area (Å²) in [7, 11) is -2.12. The van der Waals surface area contributed by atoms with Crippen LogP contribution in [0.5, 0.6) is 0 Å². The Balaban J connectivity index is 1.38. The van der Waals surface area contributed by atoms with E-state index < -0.39 is 10.0 Å². The van der Waals surface area contributed by atoms with Gasteiger partial charge in [0.1, 0.15) is 0 Å². The summed E-state index contributed by atoms with van der Waals surface area (Å²) in [6, 6.07) is 14.1. The van der Waals surface area contributed by atoms with Crippen LogP contribution >= 0.6 is 0 Å². The molecule has 2 heterocycles. The van der Waals surface area contributed by atoms with E-state index >= 15 is 0 Å². The van der Waals surface area contributed by atoms with E-state index in [1.807, 2.05) is 17.0 Å². The molecule has 0 radical (unpaired) electrons. The summed E-state index contributed by atoms with van der Waals surface area (Å²) in [5, 5.41) is 2.52. The monoisotopic (exact) mass is 441 g/mol. The summed E-state index contributed by atoms with van der Waals surface area (Å²) in [5.74, 6) is -0.280. The van der Waals surface area contributed by atoms with E-state index in [1.54, 1.807) is 0 Å². The Labute approximate surface area is 183 Å². The minimum Gasteiger partial charge on any atom is -0.355 e. The van der Waals surface area contributed by atoms with Gasteiger partial charge in [-0.2, -0.15) is 4.31 Å². The summed E-state index contributed by atoms with van der Waals surface area (Å²) in [5.41, 5.74) is 2.91. The lowest BCUT2D eigenvalue weighted by molar-refractivity contribution is -0.137. The minimum absolute atomic E-state index is 0.126. The highest BCUT2D eigenvalue weighted by molar-refractivity contribution is 7.89. The van der Waals surface area contributed by atoms with E-state index in [0.717, 1.165) is 6.42 Å². The van der Waals surface area contributed by atoms with Gasteiger partial charge in [0.2, 0.25) is 15.9 Å². The molecule has 0 aliphatic carbocycles. The maximum atomic E-state index is 13.0. The Morgan fingerprint density at radius 1 is 0.935 bits per heavy atom. The van der Waals surface area contributed by atoms with Gasteiger partial charge in [-0.3, -0.25) is 9.59 Å². The van der Waals surface area contributed by atoms with Gasteiger partial charge >= 0.3 is 0 Å². The zero-order valence-electron chi connectivity index (χ0n) is 17.6. The van der Waals surface area contributed by atoms with E-state index in [0.29, 0.717) is 44.6 Å². The minimum atomic E-state index is -3.65. The van der Waals surface area contributed by atoms with Crippen LogP contribution in [0.4, 0.5) is 0 Å². The Morgan fingerprint density at radius 3 is 2.23 bits per heavy atom. The molecule has 0 aromatic heterocycles.